The van der Waals surface area contributed by atoms with Crippen molar-refractivity contribution in [3.8, 4) is 28.0 Å². The van der Waals surface area contributed by atoms with E-state index in [0.29, 0.717) is 22.3 Å². The molecule has 0 fully saturated rings. The Bertz CT molecular complexity index is 1310. The van der Waals surface area contributed by atoms with Crippen LogP contribution < -0.4 is 4.74 Å². The van der Waals surface area contributed by atoms with Crippen LogP contribution in [0.15, 0.2) is 66.7 Å². The van der Waals surface area contributed by atoms with Gasteiger partial charge in [-0.05, 0) is 52.3 Å². The lowest BCUT2D eigenvalue weighted by molar-refractivity contribution is -0.276. The zero-order chi connectivity index (χ0) is 23.8. The summed E-state index contributed by atoms with van der Waals surface area (Å²) in [6, 6.07) is 17.1. The highest BCUT2D eigenvalue weighted by Gasteiger charge is 2.34. The van der Waals surface area contributed by atoms with E-state index in [1.807, 2.05) is 13.0 Å². The minimum atomic E-state index is -5.22. The van der Waals surface area contributed by atoms with Crippen LogP contribution in [0.25, 0.3) is 33.0 Å². The van der Waals surface area contributed by atoms with Crippen molar-refractivity contribution in [2.24, 2.45) is 0 Å². The summed E-state index contributed by atoms with van der Waals surface area (Å²) in [5.74, 6) is -4.68. The van der Waals surface area contributed by atoms with Crippen molar-refractivity contribution in [3.05, 3.63) is 89.7 Å². The average molecular weight is 460 g/mol. The molecule has 0 amide bonds. The van der Waals surface area contributed by atoms with Gasteiger partial charge in [-0.25, -0.2) is 13.2 Å². The van der Waals surface area contributed by atoms with Gasteiger partial charge in [-0.3, -0.25) is 0 Å². The first kappa shape index (κ1) is 22.7. The predicted octanol–water partition coefficient (Wildman–Crippen LogP) is 8.44. The fourth-order valence-corrected chi connectivity index (χ4v) is 3.78. The van der Waals surface area contributed by atoms with Crippen molar-refractivity contribution in [1.29, 1.82) is 0 Å². The molecule has 170 valence electrons. The van der Waals surface area contributed by atoms with Crippen LogP contribution in [0, 0.1) is 17.5 Å². The Kier molecular flexibility index (Phi) is 6.06. The summed E-state index contributed by atoms with van der Waals surface area (Å²) in [5.41, 5.74) is 3.35. The molecule has 0 atom stereocenters. The van der Waals surface area contributed by atoms with E-state index in [-0.39, 0.29) is 16.6 Å². The Hall–Kier alpha value is -3.48. The van der Waals surface area contributed by atoms with Crippen molar-refractivity contribution in [2.45, 2.75) is 26.1 Å². The third-order valence-corrected chi connectivity index (χ3v) is 5.31. The lowest BCUT2D eigenvalue weighted by atomic mass is 9.97. The summed E-state index contributed by atoms with van der Waals surface area (Å²) in [6.45, 7) is 2.02. The molecular formula is C26H18F6O. The number of halogens is 6. The molecule has 4 aromatic carbocycles. The molecule has 0 aliphatic carbocycles. The molecule has 0 N–H and O–H groups in total. The number of ether oxygens (including phenoxy) is 1. The topological polar surface area (TPSA) is 9.23 Å². The molecule has 0 aliphatic heterocycles. The van der Waals surface area contributed by atoms with E-state index in [1.54, 1.807) is 30.3 Å². The van der Waals surface area contributed by atoms with Gasteiger partial charge < -0.3 is 4.74 Å². The largest absolute Gasteiger partial charge is 0.573 e. The molecule has 4 aromatic rings. The Labute approximate surface area is 186 Å². The summed E-state index contributed by atoms with van der Waals surface area (Å²) >= 11 is 0. The first-order valence-electron chi connectivity index (χ1n) is 10.2. The van der Waals surface area contributed by atoms with Gasteiger partial charge in [0.25, 0.3) is 0 Å². The molecule has 0 radical (unpaired) electrons. The van der Waals surface area contributed by atoms with Crippen molar-refractivity contribution < 1.29 is 31.1 Å². The highest BCUT2D eigenvalue weighted by Crippen LogP contribution is 2.36. The predicted molar refractivity (Wildman–Crippen MR) is 115 cm³/mol. The lowest BCUT2D eigenvalue weighted by Gasteiger charge is -2.13. The molecule has 33 heavy (non-hydrogen) atoms. The Morgan fingerprint density at radius 3 is 2.03 bits per heavy atom. The van der Waals surface area contributed by atoms with Gasteiger partial charge in [0.15, 0.2) is 11.6 Å². The number of hydrogen-bond donors (Lipinski definition) is 0. The monoisotopic (exact) mass is 460 g/mol. The normalized spacial score (nSPS) is 11.7. The highest BCUT2D eigenvalue weighted by atomic mass is 19.4. The van der Waals surface area contributed by atoms with E-state index in [1.165, 1.54) is 24.3 Å². The summed E-state index contributed by atoms with van der Waals surface area (Å²) < 4.78 is 83.9. The molecule has 0 spiro atoms. The van der Waals surface area contributed by atoms with E-state index >= 15 is 0 Å². The van der Waals surface area contributed by atoms with E-state index < -0.39 is 23.7 Å². The van der Waals surface area contributed by atoms with Gasteiger partial charge in [0.2, 0.25) is 5.75 Å². The van der Waals surface area contributed by atoms with Gasteiger partial charge in [0, 0.05) is 10.9 Å². The van der Waals surface area contributed by atoms with Crippen molar-refractivity contribution >= 4 is 10.8 Å². The first-order chi connectivity index (χ1) is 15.7. The highest BCUT2D eigenvalue weighted by molar-refractivity contribution is 5.89. The van der Waals surface area contributed by atoms with Crippen molar-refractivity contribution in [1.82, 2.24) is 0 Å². The zero-order valence-corrected chi connectivity index (χ0v) is 17.4. The minimum Gasteiger partial charge on any atom is -0.399 e. The quantitative estimate of drug-likeness (QED) is 0.272. The van der Waals surface area contributed by atoms with Crippen LogP contribution in [-0.4, -0.2) is 6.36 Å². The Balaban J connectivity index is 1.66. The summed E-state index contributed by atoms with van der Waals surface area (Å²) in [6.07, 6.45) is -3.50. The molecule has 0 heterocycles. The maximum atomic E-state index is 14.5. The number of alkyl halides is 3. The third-order valence-electron chi connectivity index (χ3n) is 5.31. The number of benzene rings is 4. The molecule has 0 aromatic heterocycles. The van der Waals surface area contributed by atoms with Crippen LogP contribution in [0.4, 0.5) is 26.3 Å². The van der Waals surface area contributed by atoms with E-state index in [9.17, 15) is 26.3 Å². The van der Waals surface area contributed by atoms with Crippen molar-refractivity contribution in [2.75, 3.05) is 0 Å². The summed E-state index contributed by atoms with van der Waals surface area (Å²) in [5, 5.41) is -0.121. The van der Waals surface area contributed by atoms with Gasteiger partial charge in [-0.1, -0.05) is 61.9 Å². The van der Waals surface area contributed by atoms with Crippen LogP contribution in [0.5, 0.6) is 5.75 Å². The lowest BCUT2D eigenvalue weighted by Crippen LogP contribution is -2.19. The molecule has 7 heteroatoms. The fraction of sp³-hybridized carbons (Fsp3) is 0.154. The van der Waals surface area contributed by atoms with Gasteiger partial charge in [-0.2, -0.15) is 0 Å². The molecule has 4 rings (SSSR count). The Morgan fingerprint density at radius 1 is 0.727 bits per heavy atom. The Morgan fingerprint density at radius 2 is 1.39 bits per heavy atom. The third kappa shape index (κ3) is 4.82. The van der Waals surface area contributed by atoms with E-state index in [2.05, 4.69) is 4.74 Å². The van der Waals surface area contributed by atoms with Gasteiger partial charge in [0.05, 0.1) is 0 Å². The molecule has 0 bridgehead atoms. The van der Waals surface area contributed by atoms with E-state index in [0.717, 1.165) is 24.5 Å². The van der Waals surface area contributed by atoms with Crippen molar-refractivity contribution in [3.63, 3.8) is 0 Å². The summed E-state index contributed by atoms with van der Waals surface area (Å²) in [7, 11) is 0. The molecule has 0 saturated heterocycles. The number of rotatable bonds is 5. The van der Waals surface area contributed by atoms with Crippen LogP contribution >= 0.6 is 0 Å². The minimum absolute atomic E-state index is 0.0821. The standard InChI is InChI=1S/C26H18F6O/c1-2-3-15-4-10-20(22(27)12-15)17-7-5-16(6-8-17)18-9-11-21-19(13-18)14-23(28)25(24(21)29)33-26(30,31)32/h4-14H,2-3H2,1H3. The van der Waals surface area contributed by atoms with Gasteiger partial charge in [-0.15, -0.1) is 13.2 Å². The fourth-order valence-electron chi connectivity index (χ4n) is 3.78. The summed E-state index contributed by atoms with van der Waals surface area (Å²) in [4.78, 5) is 0. The molecule has 0 saturated carbocycles. The molecule has 0 aliphatic rings. The molecule has 0 unspecified atom stereocenters. The van der Waals surface area contributed by atoms with E-state index in [4.69, 9.17) is 0 Å². The molecule has 1 nitrogen and oxygen atoms in total. The van der Waals surface area contributed by atoms with Gasteiger partial charge >= 0.3 is 6.36 Å². The second-order valence-electron chi connectivity index (χ2n) is 7.63. The zero-order valence-electron chi connectivity index (χ0n) is 17.4. The smallest absolute Gasteiger partial charge is 0.399 e. The number of aryl methyl sites for hydroxylation is 1. The van der Waals surface area contributed by atoms with Crippen LogP contribution in [0.3, 0.4) is 0 Å². The van der Waals surface area contributed by atoms with Crippen LogP contribution in [0.1, 0.15) is 18.9 Å². The molecular weight excluding hydrogens is 442 g/mol. The SMILES string of the molecule is CCCc1ccc(-c2ccc(-c3ccc4c(F)c(OC(F)(F)F)c(F)cc4c3)cc2)c(F)c1. The average Bonchev–Trinajstić information content (AvgIpc) is 2.76. The van der Waals surface area contributed by atoms with Gasteiger partial charge in [0.1, 0.15) is 5.82 Å². The maximum absolute atomic E-state index is 14.5. The second-order valence-corrected chi connectivity index (χ2v) is 7.63. The number of fused-ring (bicyclic) bond motifs is 1. The number of hydrogen-bond acceptors (Lipinski definition) is 1. The van der Waals surface area contributed by atoms with Crippen LogP contribution in [0.2, 0.25) is 0 Å². The van der Waals surface area contributed by atoms with Crippen LogP contribution in [-0.2, 0) is 6.42 Å². The maximum Gasteiger partial charge on any atom is 0.573 e. The second kappa shape index (κ2) is 8.81. The first-order valence-corrected chi connectivity index (χ1v) is 10.2.